The van der Waals surface area contributed by atoms with E-state index in [4.69, 9.17) is 23.8 Å². The Morgan fingerprint density at radius 1 is 1.23 bits per heavy atom. The average Bonchev–Trinajstić information content (AvgIpc) is 2.86. The third-order valence-electron chi connectivity index (χ3n) is 2.90. The van der Waals surface area contributed by atoms with Crippen molar-refractivity contribution in [2.45, 2.75) is 0 Å². The molecule has 0 radical (unpaired) electrons. The number of hydrogen-bond acceptors (Lipinski definition) is 3. The molecule has 7 heteroatoms. The van der Waals surface area contributed by atoms with Crippen LogP contribution in [0.25, 0.3) is 11.4 Å². The molecule has 0 aliphatic rings. The Hall–Kier alpha value is -2.31. The van der Waals surface area contributed by atoms with Crippen LogP contribution in [0.3, 0.4) is 0 Å². The van der Waals surface area contributed by atoms with Gasteiger partial charge in [-0.3, -0.25) is 0 Å². The van der Waals surface area contributed by atoms with Gasteiger partial charge in [-0.2, -0.15) is 14.9 Å². The molecule has 0 bridgehead atoms. The van der Waals surface area contributed by atoms with Gasteiger partial charge in [0, 0.05) is 10.6 Å². The Balaban J connectivity index is 2.01. The molecular formula is C15H10ClFN4S. The van der Waals surface area contributed by atoms with Gasteiger partial charge < -0.3 is 0 Å². The number of halogens is 2. The Kier molecular flexibility index (Phi) is 4.13. The molecule has 1 N–H and O–H groups in total. The van der Waals surface area contributed by atoms with Crippen molar-refractivity contribution in [3.63, 3.8) is 0 Å². The van der Waals surface area contributed by atoms with Crippen molar-refractivity contribution in [2.75, 3.05) is 0 Å². The van der Waals surface area contributed by atoms with Gasteiger partial charge in [0.05, 0.1) is 6.21 Å². The molecule has 2 aromatic carbocycles. The molecule has 1 heterocycles. The summed E-state index contributed by atoms with van der Waals surface area (Å²) in [6, 6.07) is 13.3. The van der Waals surface area contributed by atoms with Crippen molar-refractivity contribution in [3.05, 3.63) is 69.7 Å². The minimum Gasteiger partial charge on any atom is -0.250 e. The van der Waals surface area contributed by atoms with E-state index in [9.17, 15) is 4.39 Å². The topological polar surface area (TPSA) is 46.0 Å². The highest BCUT2D eigenvalue weighted by Crippen LogP contribution is 2.21. The summed E-state index contributed by atoms with van der Waals surface area (Å²) in [5.41, 5.74) is 1.40. The fourth-order valence-corrected chi connectivity index (χ4v) is 2.29. The van der Waals surface area contributed by atoms with E-state index in [1.165, 1.54) is 23.0 Å². The molecule has 0 atom stereocenters. The number of benzene rings is 2. The zero-order valence-corrected chi connectivity index (χ0v) is 12.8. The van der Waals surface area contributed by atoms with Crippen LogP contribution in [0.4, 0.5) is 4.39 Å². The highest BCUT2D eigenvalue weighted by molar-refractivity contribution is 7.71. The maximum absolute atomic E-state index is 13.2. The van der Waals surface area contributed by atoms with Crippen LogP contribution >= 0.6 is 23.8 Å². The average molecular weight is 333 g/mol. The summed E-state index contributed by atoms with van der Waals surface area (Å²) < 4.78 is 15.0. The van der Waals surface area contributed by atoms with Gasteiger partial charge in [0.1, 0.15) is 5.82 Å². The minimum atomic E-state index is -0.324. The van der Waals surface area contributed by atoms with E-state index in [1.807, 2.05) is 12.1 Å². The molecule has 3 aromatic rings. The van der Waals surface area contributed by atoms with E-state index in [1.54, 1.807) is 24.3 Å². The van der Waals surface area contributed by atoms with Gasteiger partial charge in [-0.15, -0.1) is 0 Å². The molecule has 22 heavy (non-hydrogen) atoms. The third-order valence-corrected chi connectivity index (χ3v) is 3.40. The van der Waals surface area contributed by atoms with Crippen LogP contribution in [0, 0.1) is 10.6 Å². The van der Waals surface area contributed by atoms with Crippen molar-refractivity contribution in [1.82, 2.24) is 14.9 Å². The molecule has 0 unspecified atom stereocenters. The van der Waals surface area contributed by atoms with Gasteiger partial charge in [0.15, 0.2) is 5.82 Å². The first-order valence-electron chi connectivity index (χ1n) is 6.37. The van der Waals surface area contributed by atoms with Gasteiger partial charge in [0.25, 0.3) is 0 Å². The van der Waals surface area contributed by atoms with Crippen LogP contribution in [0.15, 0.2) is 53.6 Å². The smallest absolute Gasteiger partial charge is 0.216 e. The second kappa shape index (κ2) is 6.21. The SMILES string of the molecule is Fc1cccc(C=Nn2c(-c3cccc(Cl)c3)n[nH]c2=S)c1. The molecule has 3 rings (SSSR count). The summed E-state index contributed by atoms with van der Waals surface area (Å²) in [5, 5.41) is 11.7. The Bertz CT molecular complexity index is 900. The summed E-state index contributed by atoms with van der Waals surface area (Å²) in [4.78, 5) is 0. The highest BCUT2D eigenvalue weighted by atomic mass is 35.5. The molecule has 110 valence electrons. The normalized spacial score (nSPS) is 11.2. The van der Waals surface area contributed by atoms with Crippen molar-refractivity contribution >= 4 is 30.0 Å². The molecule has 0 amide bonds. The second-order valence-corrected chi connectivity index (χ2v) is 5.30. The molecular weight excluding hydrogens is 323 g/mol. The van der Waals surface area contributed by atoms with Crippen molar-refractivity contribution in [1.29, 1.82) is 0 Å². The lowest BCUT2D eigenvalue weighted by Crippen LogP contribution is -1.95. The van der Waals surface area contributed by atoms with Gasteiger partial charge in [-0.1, -0.05) is 35.9 Å². The van der Waals surface area contributed by atoms with Crippen LogP contribution in [-0.4, -0.2) is 21.1 Å². The number of nitrogens with zero attached hydrogens (tertiary/aromatic N) is 3. The van der Waals surface area contributed by atoms with Gasteiger partial charge >= 0.3 is 0 Å². The summed E-state index contributed by atoms with van der Waals surface area (Å²) in [6.45, 7) is 0. The van der Waals surface area contributed by atoms with Crippen LogP contribution in [0.1, 0.15) is 5.56 Å². The lowest BCUT2D eigenvalue weighted by molar-refractivity contribution is 0.627. The fourth-order valence-electron chi connectivity index (χ4n) is 1.92. The van der Waals surface area contributed by atoms with Crippen LogP contribution in [-0.2, 0) is 0 Å². The van der Waals surface area contributed by atoms with E-state index in [-0.39, 0.29) is 5.82 Å². The molecule has 0 spiro atoms. The lowest BCUT2D eigenvalue weighted by Gasteiger charge is -2.01. The summed E-state index contributed by atoms with van der Waals surface area (Å²) >= 11 is 11.2. The molecule has 0 saturated heterocycles. The largest absolute Gasteiger partial charge is 0.250 e. The summed E-state index contributed by atoms with van der Waals surface area (Å²) in [6.07, 6.45) is 1.52. The monoisotopic (exact) mass is 332 g/mol. The number of aromatic nitrogens is 3. The summed E-state index contributed by atoms with van der Waals surface area (Å²) in [5.74, 6) is 0.204. The first-order chi connectivity index (χ1) is 10.6. The predicted molar refractivity (Wildman–Crippen MR) is 87.2 cm³/mol. The lowest BCUT2D eigenvalue weighted by atomic mass is 10.2. The van der Waals surface area contributed by atoms with Gasteiger partial charge in [0.2, 0.25) is 4.77 Å². The van der Waals surface area contributed by atoms with Crippen molar-refractivity contribution in [2.24, 2.45) is 5.10 Å². The van der Waals surface area contributed by atoms with E-state index < -0.39 is 0 Å². The van der Waals surface area contributed by atoms with E-state index >= 15 is 0 Å². The van der Waals surface area contributed by atoms with E-state index in [0.717, 1.165) is 5.56 Å². The van der Waals surface area contributed by atoms with Crippen LogP contribution < -0.4 is 0 Å². The number of nitrogens with one attached hydrogen (secondary N) is 1. The van der Waals surface area contributed by atoms with E-state index in [0.29, 0.717) is 21.2 Å². The Labute approximate surface area is 135 Å². The quantitative estimate of drug-likeness (QED) is 0.574. The second-order valence-electron chi connectivity index (χ2n) is 4.47. The van der Waals surface area contributed by atoms with E-state index in [2.05, 4.69) is 15.3 Å². The third kappa shape index (κ3) is 3.13. The molecule has 1 aromatic heterocycles. The zero-order chi connectivity index (χ0) is 15.5. The Morgan fingerprint density at radius 3 is 2.82 bits per heavy atom. The predicted octanol–water partition coefficient (Wildman–Crippen LogP) is 4.28. The number of H-pyrrole nitrogens is 1. The molecule has 0 aliphatic heterocycles. The summed E-state index contributed by atoms with van der Waals surface area (Å²) in [7, 11) is 0. The van der Waals surface area contributed by atoms with Crippen molar-refractivity contribution in [3.8, 4) is 11.4 Å². The first kappa shape index (κ1) is 14.6. The molecule has 0 saturated carbocycles. The number of rotatable bonds is 3. The maximum atomic E-state index is 13.2. The minimum absolute atomic E-state index is 0.324. The molecule has 0 aliphatic carbocycles. The zero-order valence-electron chi connectivity index (χ0n) is 11.2. The number of hydrogen-bond donors (Lipinski definition) is 1. The molecule has 4 nitrogen and oxygen atoms in total. The molecule has 0 fully saturated rings. The van der Waals surface area contributed by atoms with Crippen LogP contribution in [0.5, 0.6) is 0 Å². The Morgan fingerprint density at radius 2 is 2.05 bits per heavy atom. The number of aromatic amines is 1. The van der Waals surface area contributed by atoms with Crippen LogP contribution in [0.2, 0.25) is 5.02 Å². The maximum Gasteiger partial charge on any atom is 0.216 e. The van der Waals surface area contributed by atoms with Crippen molar-refractivity contribution < 1.29 is 4.39 Å². The first-order valence-corrected chi connectivity index (χ1v) is 7.15. The standard InChI is InChI=1S/C15H10ClFN4S/c16-12-5-2-4-11(8-12)14-19-20-15(22)21(14)18-9-10-3-1-6-13(17)7-10/h1-9H,(H,20,22). The fraction of sp³-hybridized carbons (Fsp3) is 0. The van der Waals surface area contributed by atoms with Gasteiger partial charge in [-0.25, -0.2) is 9.49 Å². The van der Waals surface area contributed by atoms with Gasteiger partial charge in [-0.05, 0) is 42.0 Å². The highest BCUT2D eigenvalue weighted by Gasteiger charge is 2.08.